The molecule has 1 aliphatic rings. The molecule has 0 aliphatic carbocycles. The van der Waals surface area contributed by atoms with Crippen LogP contribution in [-0.4, -0.2) is 33.5 Å². The minimum Gasteiger partial charge on any atom is -0.493 e. The van der Waals surface area contributed by atoms with Gasteiger partial charge in [0.2, 0.25) is 0 Å². The highest BCUT2D eigenvalue weighted by Crippen LogP contribution is 2.41. The molecule has 0 bridgehead atoms. The molecule has 1 saturated heterocycles. The first kappa shape index (κ1) is 21.7. The molecule has 3 rings (SSSR count). The molecule has 2 N–H and O–H groups in total. The van der Waals surface area contributed by atoms with Crippen molar-refractivity contribution in [1.29, 1.82) is 0 Å². The first-order valence-corrected chi connectivity index (χ1v) is 10.8. The van der Waals surface area contributed by atoms with Crippen molar-refractivity contribution in [3.05, 3.63) is 59.7 Å². The molecule has 0 amide bonds. The maximum atomic E-state index is 6.10. The molecule has 0 spiro atoms. The van der Waals surface area contributed by atoms with Crippen molar-refractivity contribution in [3.8, 4) is 11.5 Å². The lowest BCUT2D eigenvalue weighted by Crippen LogP contribution is -2.83. The van der Waals surface area contributed by atoms with Crippen molar-refractivity contribution in [2.75, 3.05) is 27.4 Å². The van der Waals surface area contributed by atoms with Gasteiger partial charge in [0.05, 0.1) is 26.9 Å². The zero-order valence-corrected chi connectivity index (χ0v) is 18.3. The average molecular weight is 399 g/mol. The van der Waals surface area contributed by atoms with Crippen LogP contribution in [0.1, 0.15) is 44.2 Å². The molecular weight excluding hydrogens is 362 g/mol. The smallest absolute Gasteiger partial charge is 0.161 e. The number of ether oxygens (including phenoxy) is 3. The van der Waals surface area contributed by atoms with Gasteiger partial charge in [-0.05, 0) is 42.5 Å². The first-order valence-electron chi connectivity index (χ1n) is 10.8. The van der Waals surface area contributed by atoms with E-state index in [4.69, 9.17) is 14.2 Å². The molecule has 4 heteroatoms. The Kier molecular flexibility index (Phi) is 7.57. The minimum atomic E-state index is 0.211. The molecule has 0 radical (unpaired) electrons. The third kappa shape index (κ3) is 5.31. The predicted molar refractivity (Wildman–Crippen MR) is 117 cm³/mol. The number of methoxy groups -OCH3 is 2. The van der Waals surface area contributed by atoms with Crippen molar-refractivity contribution in [1.82, 2.24) is 0 Å². The summed E-state index contributed by atoms with van der Waals surface area (Å²) in [5.74, 6) is 2.12. The molecule has 0 aromatic heterocycles. The van der Waals surface area contributed by atoms with Crippen LogP contribution >= 0.6 is 0 Å². The van der Waals surface area contributed by atoms with E-state index in [1.165, 1.54) is 11.1 Å². The van der Waals surface area contributed by atoms with Gasteiger partial charge in [0.25, 0.3) is 0 Å². The molecule has 0 unspecified atom stereocenters. The third-order valence-electron chi connectivity index (χ3n) is 6.29. The highest BCUT2D eigenvalue weighted by Gasteiger charge is 2.39. The number of nitrogens with two attached hydrogens (primary N) is 1. The van der Waals surface area contributed by atoms with Crippen LogP contribution in [0.2, 0.25) is 0 Å². The molecule has 0 saturated carbocycles. The summed E-state index contributed by atoms with van der Waals surface area (Å²) in [5, 5.41) is 2.41. The van der Waals surface area contributed by atoms with E-state index in [1.807, 2.05) is 6.07 Å². The van der Waals surface area contributed by atoms with Crippen molar-refractivity contribution in [2.45, 2.75) is 51.2 Å². The highest BCUT2D eigenvalue weighted by atomic mass is 16.5. The molecule has 158 valence electrons. The van der Waals surface area contributed by atoms with Gasteiger partial charge in [-0.1, -0.05) is 44.2 Å². The molecule has 2 atom stereocenters. The van der Waals surface area contributed by atoms with Crippen molar-refractivity contribution in [3.63, 3.8) is 0 Å². The molecule has 29 heavy (non-hydrogen) atoms. The van der Waals surface area contributed by atoms with Crippen LogP contribution in [-0.2, 0) is 16.7 Å². The molecule has 1 heterocycles. The summed E-state index contributed by atoms with van der Waals surface area (Å²) in [7, 11) is 3.36. The van der Waals surface area contributed by atoms with Crippen molar-refractivity contribution in [2.24, 2.45) is 5.92 Å². The number of hydrogen-bond acceptors (Lipinski definition) is 3. The highest BCUT2D eigenvalue weighted by molar-refractivity contribution is 5.42. The Morgan fingerprint density at radius 1 is 1.07 bits per heavy atom. The van der Waals surface area contributed by atoms with E-state index in [9.17, 15) is 0 Å². The summed E-state index contributed by atoms with van der Waals surface area (Å²) in [6.45, 7) is 7.43. The standard InChI is InChI=1S/C25H35NO3/c1-19(2)24-17-25(13-15-29-24,21-8-6-5-7-9-21)12-14-26-18-20-10-11-22(27-3)23(16-20)28-4/h5-11,16,19,24,26H,12-15,17-18H2,1-4H3/p+1/t24-,25-/m1/s1. The summed E-state index contributed by atoms with van der Waals surface area (Å²) in [6, 6.07) is 17.2. The number of hydrogen-bond donors (Lipinski definition) is 1. The third-order valence-corrected chi connectivity index (χ3v) is 6.29. The summed E-state index contributed by atoms with van der Waals surface area (Å²) in [4.78, 5) is 0. The average Bonchev–Trinajstić information content (AvgIpc) is 2.77. The molecule has 2 aromatic carbocycles. The summed E-state index contributed by atoms with van der Waals surface area (Å²) in [6.07, 6.45) is 3.72. The van der Waals surface area contributed by atoms with Gasteiger partial charge < -0.3 is 19.5 Å². The zero-order chi connectivity index (χ0) is 20.7. The molecular formula is C25H36NO3+. The molecule has 1 aliphatic heterocycles. The molecule has 1 fully saturated rings. The van der Waals surface area contributed by atoms with Gasteiger partial charge in [-0.3, -0.25) is 0 Å². The normalized spacial score (nSPS) is 21.9. The van der Waals surface area contributed by atoms with Gasteiger partial charge in [-0.25, -0.2) is 0 Å². The van der Waals surface area contributed by atoms with Gasteiger partial charge in [-0.2, -0.15) is 0 Å². The topological polar surface area (TPSA) is 44.3 Å². The minimum absolute atomic E-state index is 0.211. The predicted octanol–water partition coefficient (Wildman–Crippen LogP) is 3.93. The van der Waals surface area contributed by atoms with Crippen molar-refractivity contribution < 1.29 is 19.5 Å². The lowest BCUT2D eigenvalue weighted by molar-refractivity contribution is -0.672. The maximum absolute atomic E-state index is 6.10. The van der Waals surface area contributed by atoms with E-state index < -0.39 is 0 Å². The Morgan fingerprint density at radius 3 is 2.52 bits per heavy atom. The van der Waals surface area contributed by atoms with Gasteiger partial charge >= 0.3 is 0 Å². The lowest BCUT2D eigenvalue weighted by Gasteiger charge is -2.42. The van der Waals surface area contributed by atoms with Crippen LogP contribution in [0, 0.1) is 5.92 Å². The first-order chi connectivity index (χ1) is 14.1. The summed E-state index contributed by atoms with van der Waals surface area (Å²) in [5.41, 5.74) is 2.93. The summed E-state index contributed by atoms with van der Waals surface area (Å²) >= 11 is 0. The van der Waals surface area contributed by atoms with Crippen LogP contribution in [0.5, 0.6) is 11.5 Å². The van der Waals surface area contributed by atoms with Crippen LogP contribution in [0.15, 0.2) is 48.5 Å². The fourth-order valence-electron chi connectivity index (χ4n) is 4.46. The summed E-state index contributed by atoms with van der Waals surface area (Å²) < 4.78 is 16.9. The van der Waals surface area contributed by atoms with E-state index in [0.29, 0.717) is 12.0 Å². The fourth-order valence-corrected chi connectivity index (χ4v) is 4.46. The Morgan fingerprint density at radius 2 is 1.83 bits per heavy atom. The Bertz CT molecular complexity index is 762. The van der Waals surface area contributed by atoms with Gasteiger partial charge in [0.1, 0.15) is 6.54 Å². The molecule has 4 nitrogen and oxygen atoms in total. The molecule has 2 aromatic rings. The van der Waals surface area contributed by atoms with E-state index >= 15 is 0 Å². The Balaban J connectivity index is 1.65. The Hall–Kier alpha value is -2.04. The maximum Gasteiger partial charge on any atom is 0.161 e. The number of benzene rings is 2. The van der Waals surface area contributed by atoms with Crippen molar-refractivity contribution >= 4 is 0 Å². The van der Waals surface area contributed by atoms with E-state index in [-0.39, 0.29) is 5.41 Å². The van der Waals surface area contributed by atoms with Gasteiger partial charge in [-0.15, -0.1) is 0 Å². The Labute approximate surface area is 175 Å². The zero-order valence-electron chi connectivity index (χ0n) is 18.3. The van der Waals surface area contributed by atoms with Crippen LogP contribution in [0.4, 0.5) is 0 Å². The fraction of sp³-hybridized carbons (Fsp3) is 0.520. The second kappa shape index (κ2) is 10.1. The van der Waals surface area contributed by atoms with E-state index in [0.717, 1.165) is 50.5 Å². The van der Waals surface area contributed by atoms with Crippen LogP contribution in [0.25, 0.3) is 0 Å². The van der Waals surface area contributed by atoms with Crippen LogP contribution < -0.4 is 14.8 Å². The SMILES string of the molecule is COc1ccc(C[NH2+]CC[C@@]2(c3ccccc3)CCO[C@@H](C(C)C)C2)cc1OC. The second-order valence-electron chi connectivity index (χ2n) is 8.47. The van der Waals surface area contributed by atoms with Crippen LogP contribution in [0.3, 0.4) is 0 Å². The van der Waals surface area contributed by atoms with E-state index in [2.05, 4.69) is 61.6 Å². The lowest BCUT2D eigenvalue weighted by atomic mass is 9.68. The monoisotopic (exact) mass is 398 g/mol. The van der Waals surface area contributed by atoms with Gasteiger partial charge in [0.15, 0.2) is 11.5 Å². The second-order valence-corrected chi connectivity index (χ2v) is 8.47. The quantitative estimate of drug-likeness (QED) is 0.651. The van der Waals surface area contributed by atoms with Gasteiger partial charge in [0, 0.05) is 24.0 Å². The largest absolute Gasteiger partial charge is 0.493 e. The number of rotatable bonds is 9. The van der Waals surface area contributed by atoms with E-state index in [1.54, 1.807) is 14.2 Å². The number of quaternary nitrogens is 1.